The van der Waals surface area contributed by atoms with Crippen molar-refractivity contribution in [2.45, 2.75) is 322 Å². The Morgan fingerprint density at radius 3 is 0.893 bits per heavy atom. The first kappa shape index (κ1) is 117. The highest BCUT2D eigenvalue weighted by molar-refractivity contribution is 9.09. The minimum absolute atomic E-state index is 0.0481. The third kappa shape index (κ3) is 44.1. The molecule has 708 valence electrons. The van der Waals surface area contributed by atoms with Gasteiger partial charge in [-0.1, -0.05) is 83.0 Å². The number of carbonyl (C=O) groups is 12. The SMILES string of the molecule is C=CCC(C)Br.C=CCC(C)C[C@H]1CC(=O)N(C(C)C)C1.CC(CCF)C[C@H]1CC(=O)N(C(C)C)C1.CC(CCO)C[C@H]1CC(=O)N(C(C)C)C1.CC(CO)C[C@H]1CC(=O)N(C(C)C)C1.CC[C@H]1CC(=O)N(C(C)C)C1.COC(=O)C(C)(C[C@H]1CC(=O)N(C(C)C)C1)C(=O)OC.COC(=O)C(C)C(=O)OC.COC(=O)C(C)C[C@H]1CC(=O)N(C(C)C)C1. The molecule has 26 nitrogen and oxygen atoms in total. The molecule has 6 unspecified atom stereocenters. The van der Waals surface area contributed by atoms with Crippen LogP contribution in [0.15, 0.2) is 25.3 Å². The van der Waals surface area contributed by atoms with Crippen molar-refractivity contribution in [1.82, 2.24) is 34.3 Å². The Morgan fingerprint density at radius 1 is 0.402 bits per heavy atom. The first-order chi connectivity index (χ1) is 56.9. The molecule has 7 aliphatic rings. The first-order valence-corrected chi connectivity index (χ1v) is 45.9. The van der Waals surface area contributed by atoms with Gasteiger partial charge in [0.1, 0.15) is 0 Å². The number of halogens is 2. The number of hydrogen-bond acceptors (Lipinski definition) is 19. The number of alkyl halides is 2. The molecule has 7 rings (SSSR count). The Kier molecular flexibility index (Phi) is 59.5. The average Bonchev–Trinajstić information content (AvgIpc) is 1.50. The fraction of sp³-hybridized carbons (Fsp3) is 0.830. The Bertz CT molecular complexity index is 3060. The van der Waals surface area contributed by atoms with E-state index in [0.717, 1.165) is 110 Å². The van der Waals surface area contributed by atoms with Gasteiger partial charge in [0.15, 0.2) is 11.3 Å². The third-order valence-electron chi connectivity index (χ3n) is 23.5. The standard InChI is InChI=1S/C14H23NO5.C13H23NO.C12H22FNO.C12H21NO3.C12H23NO2.C11H21NO2.C9H17NO.C6H10O4.C5H9Br/c1-9(2)15-8-10(6-11(15)16)7-14(3,12(17)19-4)13(18)20-5;1-5-6-11(4)7-12-8-13(15)14(9-12)10(2)3;1-9(2)14-8-11(7-12(14)15)6-10(3)4-5-13;1-8(2)13-7-10(6-11(13)14)5-9(3)12(15)16-4;1-9(2)13-8-11(7-12(13)15)6-10(3)4-5-14;1-8(2)12-6-10(5-11(12)14)4-9(3)7-13;1-4-8-5-9(11)10(6-8)7(2)3;1-4(5(7)9-2)6(8)10-3;1-3-4-5(2)6/h9-10H,6-8H2,1-5H3;5,10-12H,1,6-9H2,2-4H3;9-11H,4-8H2,1-3H3;8-10H,5-7H2,1-4H3;9-11,14H,4-8H2,1-3H3;8-10,13H,4-7H2,1-3H3;7-8H,4-6H2,1-3H3;4H,1-3H3;3,5H,1,4H2,2H3/t10-;11?,12-;10?,11-;9?,10-;10?,11-;9?,10-;8-;;/m1000000../s1. The summed E-state index contributed by atoms with van der Waals surface area (Å²) in [7, 11) is 6.33. The van der Waals surface area contributed by atoms with E-state index in [2.05, 4.69) is 133 Å². The van der Waals surface area contributed by atoms with Crippen molar-refractivity contribution in [3.8, 4) is 0 Å². The number of allylic oxidation sites excluding steroid dienone is 2. The van der Waals surface area contributed by atoms with E-state index in [4.69, 9.17) is 19.7 Å². The van der Waals surface area contributed by atoms with Crippen molar-refractivity contribution >= 4 is 87.1 Å². The van der Waals surface area contributed by atoms with Crippen molar-refractivity contribution in [3.05, 3.63) is 25.3 Å². The second-order valence-corrected chi connectivity index (χ2v) is 38.8. The molecule has 7 heterocycles. The number of amides is 7. The number of esters is 5. The normalized spacial score (nSPS) is 21.5. The molecule has 7 amide bonds. The summed E-state index contributed by atoms with van der Waals surface area (Å²) >= 11 is 3.36. The predicted octanol–water partition coefficient (Wildman–Crippen LogP) is 14.8. The maximum atomic E-state index is 12.1. The van der Waals surface area contributed by atoms with Crippen LogP contribution in [0.2, 0.25) is 0 Å². The van der Waals surface area contributed by atoms with Crippen LogP contribution in [0.25, 0.3) is 0 Å². The van der Waals surface area contributed by atoms with Crippen LogP contribution in [-0.2, 0) is 81.2 Å². The predicted molar refractivity (Wildman–Crippen MR) is 483 cm³/mol. The molecule has 13 atom stereocenters. The molecule has 0 saturated carbocycles. The molecule has 0 aliphatic carbocycles. The molecule has 0 bridgehead atoms. The third-order valence-corrected chi connectivity index (χ3v) is 23.9. The first-order valence-electron chi connectivity index (χ1n) is 45.0. The highest BCUT2D eigenvalue weighted by Crippen LogP contribution is 2.36. The molecular weight excluding hydrogens is 1630 g/mol. The zero-order valence-electron chi connectivity index (χ0n) is 80.7. The maximum absolute atomic E-state index is 12.1. The van der Waals surface area contributed by atoms with Crippen LogP contribution in [0.3, 0.4) is 0 Å². The van der Waals surface area contributed by atoms with Crippen LogP contribution in [0.5, 0.6) is 0 Å². The molecule has 28 heteroatoms. The van der Waals surface area contributed by atoms with E-state index in [9.17, 15) is 61.9 Å². The van der Waals surface area contributed by atoms with Crippen molar-refractivity contribution in [1.29, 1.82) is 0 Å². The monoisotopic (exact) mass is 1800 g/mol. The van der Waals surface area contributed by atoms with Crippen molar-refractivity contribution < 1.29 is 95.8 Å². The summed E-state index contributed by atoms with van der Waals surface area (Å²) in [5, 5.41) is 17.8. The second kappa shape index (κ2) is 61.8. The van der Waals surface area contributed by atoms with Crippen LogP contribution >= 0.6 is 15.9 Å². The highest BCUT2D eigenvalue weighted by Gasteiger charge is 2.48. The van der Waals surface area contributed by atoms with E-state index in [1.54, 1.807) is 4.90 Å². The Hall–Kier alpha value is -6.55. The molecule has 0 aromatic heterocycles. The summed E-state index contributed by atoms with van der Waals surface area (Å²) in [6.45, 7) is 59.6. The van der Waals surface area contributed by atoms with E-state index >= 15 is 0 Å². The molecule has 7 aliphatic heterocycles. The summed E-state index contributed by atoms with van der Waals surface area (Å²) < 4.78 is 34.8. The lowest BCUT2D eigenvalue weighted by molar-refractivity contribution is -0.169. The zero-order chi connectivity index (χ0) is 94.3. The molecular formula is C94H169BrFN7O19. The summed E-state index contributed by atoms with van der Waals surface area (Å²) in [5.41, 5.74) is -1.36. The van der Waals surface area contributed by atoms with E-state index in [-0.39, 0.29) is 79.8 Å². The van der Waals surface area contributed by atoms with Crippen LogP contribution in [0, 0.1) is 82.3 Å². The molecule has 0 aromatic rings. The molecule has 0 spiro atoms. The summed E-state index contributed by atoms with van der Waals surface area (Å²) in [6, 6.07) is 2.07. The lowest BCUT2D eigenvalue weighted by Crippen LogP contribution is -2.40. The van der Waals surface area contributed by atoms with Crippen molar-refractivity contribution in [2.24, 2.45) is 82.3 Å². The quantitative estimate of drug-likeness (QED) is 0.0199. The van der Waals surface area contributed by atoms with Crippen LogP contribution in [-0.4, -0.2) is 264 Å². The van der Waals surface area contributed by atoms with Crippen molar-refractivity contribution in [2.75, 3.05) is 101 Å². The zero-order valence-corrected chi connectivity index (χ0v) is 82.3. The molecule has 7 fully saturated rings. The lowest BCUT2D eigenvalue weighted by Gasteiger charge is -2.27. The highest BCUT2D eigenvalue weighted by atomic mass is 79.9. The summed E-state index contributed by atoms with van der Waals surface area (Å²) in [4.78, 5) is 152. The summed E-state index contributed by atoms with van der Waals surface area (Å²) in [6.07, 6.45) is 18.2. The Morgan fingerprint density at radius 2 is 0.664 bits per heavy atom. The van der Waals surface area contributed by atoms with Gasteiger partial charge < -0.3 is 68.2 Å². The number of aliphatic hydroxyl groups is 2. The number of nitrogens with zero attached hydrogens (tertiary/aromatic N) is 7. The Labute approximate surface area is 744 Å². The van der Waals surface area contributed by atoms with E-state index in [1.807, 2.05) is 96.9 Å². The van der Waals surface area contributed by atoms with Gasteiger partial charge in [0.25, 0.3) is 0 Å². The lowest BCUT2D eigenvalue weighted by atomic mass is 9.80. The number of ether oxygens (including phenoxy) is 5. The van der Waals surface area contributed by atoms with Gasteiger partial charge in [0.2, 0.25) is 41.4 Å². The van der Waals surface area contributed by atoms with Gasteiger partial charge >= 0.3 is 29.8 Å². The number of aliphatic hydroxyl groups excluding tert-OH is 2. The number of carbonyl (C=O) groups excluding carboxylic acids is 12. The smallest absolute Gasteiger partial charge is 0.322 e. The molecule has 0 radical (unpaired) electrons. The molecule has 0 aromatic carbocycles. The van der Waals surface area contributed by atoms with Crippen LogP contribution < -0.4 is 0 Å². The van der Waals surface area contributed by atoms with Gasteiger partial charge in [0.05, 0.1) is 48.1 Å². The molecule has 2 N–H and O–H groups in total. The minimum atomic E-state index is -1.36. The molecule has 7 saturated heterocycles. The maximum Gasteiger partial charge on any atom is 0.322 e. The summed E-state index contributed by atoms with van der Waals surface area (Å²) in [5.74, 6) is 2.98. The van der Waals surface area contributed by atoms with E-state index in [1.165, 1.54) is 49.4 Å². The topological polar surface area (TPSA) is 314 Å². The fourth-order valence-corrected chi connectivity index (χ4v) is 16.7. The van der Waals surface area contributed by atoms with Crippen molar-refractivity contribution in [3.63, 3.8) is 0 Å². The fourth-order valence-electron chi connectivity index (χ4n) is 16.5. The average molecular weight is 1800 g/mol. The van der Waals surface area contributed by atoms with E-state index in [0.29, 0.717) is 157 Å². The van der Waals surface area contributed by atoms with Gasteiger partial charge in [-0.3, -0.25) is 61.9 Å². The van der Waals surface area contributed by atoms with Crippen LogP contribution in [0.1, 0.15) is 275 Å². The Balaban J connectivity index is 0. The largest absolute Gasteiger partial charge is 0.469 e. The number of hydrogen-bond donors (Lipinski definition) is 2. The number of likely N-dealkylation sites (tertiary alicyclic amines) is 7. The van der Waals surface area contributed by atoms with Gasteiger partial charge in [-0.2, -0.15) is 0 Å². The minimum Gasteiger partial charge on any atom is -0.469 e. The van der Waals surface area contributed by atoms with Gasteiger partial charge in [-0.05, 0) is 240 Å². The van der Waals surface area contributed by atoms with Gasteiger partial charge in [0, 0.05) is 151 Å². The number of rotatable bonds is 34. The number of methoxy groups -OCH3 is 5. The van der Waals surface area contributed by atoms with Gasteiger partial charge in [-0.25, -0.2) is 0 Å². The molecule has 122 heavy (non-hydrogen) atoms. The van der Waals surface area contributed by atoms with Crippen LogP contribution in [0.4, 0.5) is 4.39 Å². The second-order valence-electron chi connectivity index (χ2n) is 37.2. The van der Waals surface area contributed by atoms with Gasteiger partial charge in [-0.15, -0.1) is 13.2 Å². The van der Waals surface area contributed by atoms with E-state index < -0.39 is 35.2 Å².